The van der Waals surface area contributed by atoms with Crippen molar-refractivity contribution in [1.29, 1.82) is 0 Å². The SMILES string of the molecule is CN[C@@H](C)C(=O)Nc1c(Cc2cncc(C(=O)c3ccc(F)cc3)c2)cc(-c2cccc(NC(C)=O)c2)[nH]c1=O. The monoisotopic (exact) mass is 541 g/mol. The molecule has 0 saturated heterocycles. The molecule has 2 aromatic carbocycles. The standard InChI is InChI=1S/C30H28FN5O4/c1-17(32-3)29(39)36-27-22(14-26(35-30(27)40)21-5-4-6-25(13-21)34-18(2)37)11-19-12-23(16-33-15-19)28(38)20-7-9-24(31)10-8-20/h4-10,12-17,32H,11H2,1-3H3,(H,34,37)(H,35,40)(H,36,39)/t17-/m0/s1. The van der Waals surface area contributed by atoms with Crippen molar-refractivity contribution < 1.29 is 18.8 Å². The predicted molar refractivity (Wildman–Crippen MR) is 151 cm³/mol. The van der Waals surface area contributed by atoms with Crippen molar-refractivity contribution in [2.75, 3.05) is 17.7 Å². The highest BCUT2D eigenvalue weighted by Crippen LogP contribution is 2.25. The molecule has 0 spiro atoms. The molecule has 204 valence electrons. The Morgan fingerprint density at radius 2 is 1.73 bits per heavy atom. The largest absolute Gasteiger partial charge is 0.326 e. The van der Waals surface area contributed by atoms with Crippen LogP contribution < -0.4 is 21.5 Å². The van der Waals surface area contributed by atoms with Crippen molar-refractivity contribution in [3.05, 3.63) is 111 Å². The first-order valence-electron chi connectivity index (χ1n) is 12.5. The Hall–Kier alpha value is -4.96. The van der Waals surface area contributed by atoms with E-state index in [1.807, 2.05) is 0 Å². The van der Waals surface area contributed by atoms with E-state index in [1.165, 1.54) is 37.4 Å². The third-order valence-corrected chi connectivity index (χ3v) is 6.24. The third-order valence-electron chi connectivity index (χ3n) is 6.24. The van der Waals surface area contributed by atoms with Gasteiger partial charge in [-0.1, -0.05) is 12.1 Å². The normalized spacial score (nSPS) is 11.5. The van der Waals surface area contributed by atoms with Crippen LogP contribution in [0.15, 0.2) is 77.9 Å². The summed E-state index contributed by atoms with van der Waals surface area (Å²) in [5, 5.41) is 8.27. The fraction of sp³-hybridized carbons (Fsp3) is 0.167. The minimum atomic E-state index is -0.556. The highest BCUT2D eigenvalue weighted by Gasteiger charge is 2.18. The van der Waals surface area contributed by atoms with Gasteiger partial charge in [-0.25, -0.2) is 4.39 Å². The Bertz CT molecular complexity index is 1630. The quantitative estimate of drug-likeness (QED) is 0.238. The molecule has 2 heterocycles. The molecule has 4 aromatic rings. The van der Waals surface area contributed by atoms with Crippen LogP contribution in [-0.4, -0.2) is 40.7 Å². The second-order valence-corrected chi connectivity index (χ2v) is 9.27. The van der Waals surface area contributed by atoms with Gasteiger partial charge in [0.1, 0.15) is 11.5 Å². The molecule has 10 heteroatoms. The molecule has 0 bridgehead atoms. The average molecular weight is 542 g/mol. The maximum Gasteiger partial charge on any atom is 0.272 e. The Labute approximate surface area is 229 Å². The Kier molecular flexibility index (Phi) is 8.60. The van der Waals surface area contributed by atoms with E-state index in [9.17, 15) is 23.6 Å². The van der Waals surface area contributed by atoms with Gasteiger partial charge in [0.05, 0.1) is 6.04 Å². The lowest BCUT2D eigenvalue weighted by Crippen LogP contribution is -2.37. The summed E-state index contributed by atoms with van der Waals surface area (Å²) in [5.74, 6) is -1.40. The van der Waals surface area contributed by atoms with Crippen LogP contribution in [0.3, 0.4) is 0 Å². The van der Waals surface area contributed by atoms with Crippen LogP contribution in [-0.2, 0) is 16.0 Å². The second kappa shape index (κ2) is 12.3. The van der Waals surface area contributed by atoms with E-state index < -0.39 is 23.3 Å². The van der Waals surface area contributed by atoms with E-state index in [1.54, 1.807) is 56.6 Å². The number of ketones is 1. The van der Waals surface area contributed by atoms with Crippen molar-refractivity contribution in [2.24, 2.45) is 0 Å². The number of hydrogen-bond donors (Lipinski definition) is 4. The zero-order valence-corrected chi connectivity index (χ0v) is 22.2. The summed E-state index contributed by atoms with van der Waals surface area (Å²) in [4.78, 5) is 57.4. The lowest BCUT2D eigenvalue weighted by atomic mass is 9.99. The zero-order valence-electron chi connectivity index (χ0n) is 22.2. The molecule has 0 saturated carbocycles. The molecule has 0 unspecified atom stereocenters. The Morgan fingerprint density at radius 1 is 0.975 bits per heavy atom. The summed E-state index contributed by atoms with van der Waals surface area (Å²) in [5.41, 5.74) is 2.96. The molecular weight excluding hydrogens is 513 g/mol. The van der Waals surface area contributed by atoms with Crippen LogP contribution in [0.5, 0.6) is 0 Å². The van der Waals surface area contributed by atoms with Gasteiger partial charge in [0.25, 0.3) is 5.56 Å². The van der Waals surface area contributed by atoms with Gasteiger partial charge < -0.3 is 20.9 Å². The minimum absolute atomic E-state index is 0.0733. The van der Waals surface area contributed by atoms with Crippen molar-refractivity contribution in [3.63, 3.8) is 0 Å². The van der Waals surface area contributed by atoms with Crippen LogP contribution in [0.2, 0.25) is 0 Å². The van der Waals surface area contributed by atoms with Gasteiger partial charge in [0.15, 0.2) is 5.78 Å². The molecule has 2 aromatic heterocycles. The highest BCUT2D eigenvalue weighted by atomic mass is 19.1. The first-order chi connectivity index (χ1) is 19.1. The van der Waals surface area contributed by atoms with Crippen molar-refractivity contribution in [2.45, 2.75) is 26.3 Å². The summed E-state index contributed by atoms with van der Waals surface area (Å²) in [6.45, 7) is 3.07. The maximum atomic E-state index is 13.3. The number of hydrogen-bond acceptors (Lipinski definition) is 6. The number of anilines is 2. The fourth-order valence-corrected chi connectivity index (χ4v) is 4.07. The number of rotatable bonds is 9. The van der Waals surface area contributed by atoms with Gasteiger partial charge >= 0.3 is 0 Å². The van der Waals surface area contributed by atoms with Crippen LogP contribution in [0.1, 0.15) is 40.9 Å². The van der Waals surface area contributed by atoms with E-state index in [0.29, 0.717) is 39.2 Å². The van der Waals surface area contributed by atoms with Gasteiger partial charge in [-0.3, -0.25) is 24.2 Å². The van der Waals surface area contributed by atoms with E-state index in [0.717, 1.165) is 0 Å². The molecule has 2 amide bonds. The molecule has 4 rings (SSSR count). The summed E-state index contributed by atoms with van der Waals surface area (Å²) >= 11 is 0. The Balaban J connectivity index is 1.74. The van der Waals surface area contributed by atoms with Crippen LogP contribution in [0.25, 0.3) is 11.3 Å². The molecule has 4 N–H and O–H groups in total. The van der Waals surface area contributed by atoms with Gasteiger partial charge in [0, 0.05) is 53.8 Å². The van der Waals surface area contributed by atoms with Crippen molar-refractivity contribution in [1.82, 2.24) is 15.3 Å². The number of aromatic nitrogens is 2. The number of pyridine rings is 2. The third kappa shape index (κ3) is 6.72. The molecule has 0 radical (unpaired) electrons. The van der Waals surface area contributed by atoms with Crippen LogP contribution >= 0.6 is 0 Å². The fourth-order valence-electron chi connectivity index (χ4n) is 4.07. The van der Waals surface area contributed by atoms with Gasteiger partial charge in [-0.2, -0.15) is 0 Å². The number of carbonyl (C=O) groups is 3. The topological polar surface area (TPSA) is 133 Å². The predicted octanol–water partition coefficient (Wildman–Crippen LogP) is 3.90. The number of carbonyl (C=O) groups excluding carboxylic acids is 3. The van der Waals surface area contributed by atoms with E-state index >= 15 is 0 Å². The number of likely N-dealkylation sites (N-methyl/N-ethyl adjacent to an activating group) is 1. The molecule has 40 heavy (non-hydrogen) atoms. The number of H-pyrrole nitrogens is 1. The zero-order chi connectivity index (χ0) is 28.8. The molecule has 9 nitrogen and oxygen atoms in total. The maximum absolute atomic E-state index is 13.3. The first kappa shape index (κ1) is 28.1. The summed E-state index contributed by atoms with van der Waals surface area (Å²) in [7, 11) is 1.63. The summed E-state index contributed by atoms with van der Waals surface area (Å²) in [6, 6.07) is 15.0. The van der Waals surface area contributed by atoms with E-state index in [2.05, 4.69) is 25.9 Å². The van der Waals surface area contributed by atoms with Gasteiger partial charge in [-0.05, 0) is 73.6 Å². The highest BCUT2D eigenvalue weighted by molar-refractivity contribution is 6.08. The summed E-state index contributed by atoms with van der Waals surface area (Å²) < 4.78 is 13.3. The smallest absolute Gasteiger partial charge is 0.272 e. The molecule has 0 aliphatic carbocycles. The van der Waals surface area contributed by atoms with Crippen LogP contribution in [0, 0.1) is 5.82 Å². The number of aromatic amines is 1. The Morgan fingerprint density at radius 3 is 2.42 bits per heavy atom. The van der Waals surface area contributed by atoms with E-state index in [-0.39, 0.29) is 23.8 Å². The van der Waals surface area contributed by atoms with Gasteiger partial charge in [-0.15, -0.1) is 0 Å². The molecule has 0 aliphatic rings. The molecule has 0 fully saturated rings. The van der Waals surface area contributed by atoms with Crippen LogP contribution in [0.4, 0.5) is 15.8 Å². The van der Waals surface area contributed by atoms with Crippen molar-refractivity contribution in [3.8, 4) is 11.3 Å². The molecule has 1 atom stereocenters. The number of nitrogens with one attached hydrogen (secondary N) is 4. The number of nitrogens with zero attached hydrogens (tertiary/aromatic N) is 1. The first-order valence-corrected chi connectivity index (χ1v) is 12.5. The van der Waals surface area contributed by atoms with E-state index in [4.69, 9.17) is 0 Å². The molecular formula is C30H28FN5O4. The minimum Gasteiger partial charge on any atom is -0.326 e. The average Bonchev–Trinajstić information content (AvgIpc) is 2.94. The lowest BCUT2D eigenvalue weighted by Gasteiger charge is -2.16. The number of benzene rings is 2. The number of halogens is 1. The summed E-state index contributed by atoms with van der Waals surface area (Å²) in [6.07, 6.45) is 3.16. The second-order valence-electron chi connectivity index (χ2n) is 9.27. The van der Waals surface area contributed by atoms with Gasteiger partial charge in [0.2, 0.25) is 11.8 Å². The number of amides is 2. The molecule has 0 aliphatic heterocycles. The van der Waals surface area contributed by atoms with Crippen molar-refractivity contribution >= 4 is 29.0 Å². The lowest BCUT2D eigenvalue weighted by molar-refractivity contribution is -0.117.